The Kier molecular flexibility index (Phi) is 3.15. The molecule has 0 N–H and O–H groups in total. The standard InChI is InChI=1S/C15H18OS/c16-17-11-10-12-6-4-5-9-14(12)15(17)13-7-2-1-3-8-13/h1-3,7-8,10,14-15H,4-6,9,11H2/t14-,15-,17+/m1/s1. The van der Waals surface area contributed by atoms with Crippen LogP contribution in [-0.4, -0.2) is 9.96 Å². The third-order valence-electron chi connectivity index (χ3n) is 3.99. The zero-order valence-corrected chi connectivity index (χ0v) is 10.8. The van der Waals surface area contributed by atoms with Crippen LogP contribution in [0.4, 0.5) is 0 Å². The Labute approximate surface area is 105 Å². The Bertz CT molecular complexity index is 449. The van der Waals surface area contributed by atoms with Gasteiger partial charge in [0.2, 0.25) is 0 Å². The summed E-state index contributed by atoms with van der Waals surface area (Å²) in [5.41, 5.74) is 2.84. The number of hydrogen-bond acceptors (Lipinski definition) is 1. The molecule has 0 radical (unpaired) electrons. The lowest BCUT2D eigenvalue weighted by atomic mass is 9.80. The number of rotatable bonds is 1. The molecular weight excluding hydrogens is 228 g/mol. The maximum Gasteiger partial charge on any atom is 0.0665 e. The second kappa shape index (κ2) is 4.77. The molecule has 1 heterocycles. The third kappa shape index (κ3) is 2.11. The minimum atomic E-state index is -0.724. The zero-order valence-electron chi connectivity index (χ0n) is 9.97. The smallest absolute Gasteiger partial charge is 0.0665 e. The molecule has 1 aromatic rings. The lowest BCUT2D eigenvalue weighted by Crippen LogP contribution is -2.27. The quantitative estimate of drug-likeness (QED) is 0.692. The molecule has 0 aromatic heterocycles. The fourth-order valence-corrected chi connectivity index (χ4v) is 4.89. The van der Waals surface area contributed by atoms with Crippen LogP contribution in [-0.2, 0) is 10.8 Å². The predicted molar refractivity (Wildman–Crippen MR) is 72.2 cm³/mol. The molecule has 2 aliphatic rings. The van der Waals surface area contributed by atoms with Crippen molar-refractivity contribution in [2.75, 3.05) is 5.75 Å². The van der Waals surface area contributed by atoms with Crippen molar-refractivity contribution in [1.82, 2.24) is 0 Å². The Morgan fingerprint density at radius 2 is 1.94 bits per heavy atom. The molecule has 1 nitrogen and oxygen atoms in total. The van der Waals surface area contributed by atoms with E-state index < -0.39 is 10.8 Å². The molecule has 1 aliphatic heterocycles. The second-order valence-corrected chi connectivity index (χ2v) is 6.61. The first kappa shape index (κ1) is 11.2. The van der Waals surface area contributed by atoms with E-state index in [9.17, 15) is 4.21 Å². The summed E-state index contributed by atoms with van der Waals surface area (Å²) in [5, 5.41) is 0.247. The largest absolute Gasteiger partial charge is 0.259 e. The molecule has 1 fully saturated rings. The van der Waals surface area contributed by atoms with Crippen molar-refractivity contribution in [2.24, 2.45) is 5.92 Å². The maximum absolute atomic E-state index is 12.3. The van der Waals surface area contributed by atoms with Crippen LogP contribution < -0.4 is 0 Å². The molecule has 1 saturated carbocycles. The first-order valence-corrected chi connectivity index (χ1v) is 7.85. The van der Waals surface area contributed by atoms with Crippen LogP contribution in [0.25, 0.3) is 0 Å². The fraction of sp³-hybridized carbons (Fsp3) is 0.467. The van der Waals surface area contributed by atoms with Crippen LogP contribution >= 0.6 is 0 Å². The third-order valence-corrected chi connectivity index (χ3v) is 5.66. The van der Waals surface area contributed by atoms with Crippen LogP contribution in [0.5, 0.6) is 0 Å². The highest BCUT2D eigenvalue weighted by atomic mass is 32.2. The topological polar surface area (TPSA) is 17.1 Å². The van der Waals surface area contributed by atoms with E-state index in [1.807, 2.05) is 6.07 Å². The van der Waals surface area contributed by atoms with Crippen molar-refractivity contribution in [3.8, 4) is 0 Å². The van der Waals surface area contributed by atoms with Gasteiger partial charge in [0, 0.05) is 16.6 Å². The molecule has 90 valence electrons. The SMILES string of the molecule is O=[S@]1CC=C2CCCC[C@H]2[C@H]1c1ccccc1. The molecule has 0 unspecified atom stereocenters. The molecule has 0 bridgehead atoms. The molecule has 0 spiro atoms. The Morgan fingerprint density at radius 1 is 1.12 bits per heavy atom. The van der Waals surface area contributed by atoms with Crippen molar-refractivity contribution in [3.05, 3.63) is 47.5 Å². The monoisotopic (exact) mass is 246 g/mol. The molecule has 17 heavy (non-hydrogen) atoms. The van der Waals surface area contributed by atoms with Crippen LogP contribution in [0, 0.1) is 5.92 Å². The van der Waals surface area contributed by atoms with Gasteiger partial charge in [-0.05, 0) is 30.7 Å². The minimum absolute atomic E-state index is 0.247. The van der Waals surface area contributed by atoms with Gasteiger partial charge < -0.3 is 0 Å². The van der Waals surface area contributed by atoms with E-state index >= 15 is 0 Å². The number of fused-ring (bicyclic) bond motifs is 1. The summed E-state index contributed by atoms with van der Waals surface area (Å²) >= 11 is 0. The van der Waals surface area contributed by atoms with Gasteiger partial charge in [0.25, 0.3) is 0 Å². The Hall–Kier alpha value is -0.890. The molecular formula is C15H18OS. The molecule has 2 heteroatoms. The fourth-order valence-electron chi connectivity index (χ4n) is 3.17. The van der Waals surface area contributed by atoms with E-state index in [0.717, 1.165) is 5.75 Å². The second-order valence-electron chi connectivity index (χ2n) is 5.01. The molecule has 1 aromatic carbocycles. The normalized spacial score (nSPS) is 32.7. The van der Waals surface area contributed by atoms with Gasteiger partial charge in [-0.25, -0.2) is 0 Å². The van der Waals surface area contributed by atoms with Crippen molar-refractivity contribution in [3.63, 3.8) is 0 Å². The molecule has 3 rings (SSSR count). The van der Waals surface area contributed by atoms with Gasteiger partial charge in [-0.3, -0.25) is 4.21 Å². The van der Waals surface area contributed by atoms with Crippen molar-refractivity contribution in [2.45, 2.75) is 30.9 Å². The van der Waals surface area contributed by atoms with Crippen LogP contribution in [0.1, 0.15) is 36.5 Å². The lowest BCUT2D eigenvalue weighted by Gasteiger charge is -2.35. The molecule has 0 saturated heterocycles. The van der Waals surface area contributed by atoms with Crippen molar-refractivity contribution >= 4 is 10.8 Å². The van der Waals surface area contributed by atoms with Gasteiger partial charge in [0.15, 0.2) is 0 Å². The lowest BCUT2D eigenvalue weighted by molar-refractivity contribution is 0.434. The van der Waals surface area contributed by atoms with E-state index in [1.54, 1.807) is 5.57 Å². The summed E-state index contributed by atoms with van der Waals surface area (Å²) in [5.74, 6) is 1.30. The molecule has 3 atom stereocenters. The highest BCUT2D eigenvalue weighted by molar-refractivity contribution is 7.85. The van der Waals surface area contributed by atoms with E-state index in [2.05, 4.69) is 30.3 Å². The average molecular weight is 246 g/mol. The van der Waals surface area contributed by atoms with Gasteiger partial charge in [0.1, 0.15) is 0 Å². The van der Waals surface area contributed by atoms with Crippen molar-refractivity contribution < 1.29 is 4.21 Å². The Balaban J connectivity index is 1.97. The van der Waals surface area contributed by atoms with Gasteiger partial charge in [0.05, 0.1) is 5.25 Å². The molecule has 0 amide bonds. The summed E-state index contributed by atoms with van der Waals surface area (Å²) in [6.07, 6.45) is 7.31. The van der Waals surface area contributed by atoms with Gasteiger partial charge in [-0.2, -0.15) is 0 Å². The first-order valence-electron chi connectivity index (χ1n) is 6.47. The summed E-state index contributed by atoms with van der Waals surface area (Å²) in [6.45, 7) is 0. The number of hydrogen-bond donors (Lipinski definition) is 0. The van der Waals surface area contributed by atoms with Gasteiger partial charge in [-0.1, -0.05) is 48.4 Å². The molecule has 1 aliphatic carbocycles. The summed E-state index contributed by atoms with van der Waals surface area (Å²) in [6, 6.07) is 10.4. The van der Waals surface area contributed by atoms with E-state index in [1.165, 1.54) is 31.2 Å². The minimum Gasteiger partial charge on any atom is -0.259 e. The highest BCUT2D eigenvalue weighted by Crippen LogP contribution is 2.44. The maximum atomic E-state index is 12.3. The highest BCUT2D eigenvalue weighted by Gasteiger charge is 2.34. The number of benzene rings is 1. The summed E-state index contributed by atoms with van der Waals surface area (Å²) < 4.78 is 12.3. The summed E-state index contributed by atoms with van der Waals surface area (Å²) in [4.78, 5) is 0. The van der Waals surface area contributed by atoms with Crippen LogP contribution in [0.3, 0.4) is 0 Å². The van der Waals surface area contributed by atoms with E-state index in [0.29, 0.717) is 5.92 Å². The predicted octanol–water partition coefficient (Wildman–Crippen LogP) is 3.61. The van der Waals surface area contributed by atoms with Crippen LogP contribution in [0.15, 0.2) is 42.0 Å². The average Bonchev–Trinajstić information content (AvgIpc) is 2.39. The number of allylic oxidation sites excluding steroid dienone is 1. The zero-order chi connectivity index (χ0) is 11.7. The van der Waals surface area contributed by atoms with Gasteiger partial charge in [-0.15, -0.1) is 0 Å². The first-order chi connectivity index (χ1) is 8.36. The van der Waals surface area contributed by atoms with Gasteiger partial charge >= 0.3 is 0 Å². The van der Waals surface area contributed by atoms with Crippen molar-refractivity contribution in [1.29, 1.82) is 0 Å². The summed E-state index contributed by atoms with van der Waals surface area (Å²) in [7, 11) is -0.724. The van der Waals surface area contributed by atoms with E-state index in [4.69, 9.17) is 0 Å². The van der Waals surface area contributed by atoms with Crippen LogP contribution in [0.2, 0.25) is 0 Å². The van der Waals surface area contributed by atoms with E-state index in [-0.39, 0.29) is 5.25 Å². The Morgan fingerprint density at radius 3 is 2.76 bits per heavy atom.